The van der Waals surface area contributed by atoms with E-state index < -0.39 is 11.7 Å². The van der Waals surface area contributed by atoms with E-state index in [2.05, 4.69) is 9.97 Å². The van der Waals surface area contributed by atoms with Gasteiger partial charge in [-0.1, -0.05) is 26.0 Å². The summed E-state index contributed by atoms with van der Waals surface area (Å²) >= 11 is 0. The van der Waals surface area contributed by atoms with Gasteiger partial charge >= 0.3 is 6.18 Å². The monoisotopic (exact) mass is 296 g/mol. The van der Waals surface area contributed by atoms with Gasteiger partial charge in [-0.05, 0) is 24.5 Å². The Balaban J connectivity index is 2.38. The lowest BCUT2D eigenvalue weighted by molar-refractivity contribution is -0.137. The zero-order valence-corrected chi connectivity index (χ0v) is 11.7. The lowest BCUT2D eigenvalue weighted by Crippen LogP contribution is -2.12. The minimum absolute atomic E-state index is 0.284. The maximum absolute atomic E-state index is 12.5. The lowest BCUT2D eigenvalue weighted by atomic mass is 10.1. The van der Waals surface area contributed by atoms with Crippen molar-refractivity contribution in [3.05, 3.63) is 51.9 Å². The Bertz CT molecular complexity index is 673. The van der Waals surface area contributed by atoms with Gasteiger partial charge in [-0.3, -0.25) is 4.79 Å². The van der Waals surface area contributed by atoms with Crippen LogP contribution in [-0.4, -0.2) is 9.97 Å². The van der Waals surface area contributed by atoms with Gasteiger partial charge < -0.3 is 4.98 Å². The molecule has 0 radical (unpaired) electrons. The molecule has 0 atom stereocenters. The maximum Gasteiger partial charge on any atom is 0.416 e. The van der Waals surface area contributed by atoms with E-state index in [1.165, 1.54) is 18.2 Å². The van der Waals surface area contributed by atoms with Crippen LogP contribution in [0.4, 0.5) is 13.2 Å². The second kappa shape index (κ2) is 5.71. The number of benzene rings is 1. The Morgan fingerprint density at radius 2 is 1.81 bits per heavy atom. The highest BCUT2D eigenvalue weighted by Gasteiger charge is 2.30. The second-order valence-corrected chi connectivity index (χ2v) is 5.26. The molecule has 21 heavy (non-hydrogen) atoms. The van der Waals surface area contributed by atoms with E-state index in [0.717, 1.165) is 12.1 Å². The summed E-state index contributed by atoms with van der Waals surface area (Å²) in [6.45, 7) is 4.00. The molecule has 0 saturated heterocycles. The smallest absolute Gasteiger partial charge is 0.307 e. The van der Waals surface area contributed by atoms with Gasteiger partial charge in [0.15, 0.2) is 0 Å². The van der Waals surface area contributed by atoms with Gasteiger partial charge in [0.2, 0.25) is 0 Å². The number of nitrogens with one attached hydrogen (secondary N) is 1. The summed E-state index contributed by atoms with van der Waals surface area (Å²) in [6, 6.07) is 5.98. The molecule has 0 aliphatic heterocycles. The number of H-pyrrole nitrogens is 1. The molecule has 0 bridgehead atoms. The van der Waals surface area contributed by atoms with E-state index >= 15 is 0 Å². The van der Waals surface area contributed by atoms with Crippen LogP contribution in [0, 0.1) is 5.92 Å². The van der Waals surface area contributed by atoms with E-state index in [1.807, 2.05) is 13.8 Å². The molecule has 0 spiro atoms. The molecular formula is C15H15F3N2O. The van der Waals surface area contributed by atoms with Crippen LogP contribution in [0.15, 0.2) is 35.1 Å². The molecule has 1 aromatic heterocycles. The normalized spacial score (nSPS) is 11.9. The molecule has 0 saturated carbocycles. The largest absolute Gasteiger partial charge is 0.416 e. The van der Waals surface area contributed by atoms with Gasteiger partial charge in [-0.15, -0.1) is 0 Å². The van der Waals surface area contributed by atoms with Crippen LogP contribution in [0.3, 0.4) is 0 Å². The fraction of sp³-hybridized carbons (Fsp3) is 0.333. The number of alkyl halides is 3. The molecule has 6 heteroatoms. The topological polar surface area (TPSA) is 45.8 Å². The third kappa shape index (κ3) is 3.93. The molecule has 112 valence electrons. The minimum Gasteiger partial charge on any atom is -0.307 e. The summed E-state index contributed by atoms with van der Waals surface area (Å²) in [5, 5.41) is 0. The van der Waals surface area contributed by atoms with Crippen LogP contribution < -0.4 is 5.56 Å². The number of hydrogen-bond donors (Lipinski definition) is 1. The molecule has 1 N–H and O–H groups in total. The number of aromatic amines is 1. The van der Waals surface area contributed by atoms with Crippen LogP contribution >= 0.6 is 0 Å². The SMILES string of the molecule is CC(C)Cc1cc(=O)[nH]c(-c2ccc(C(F)(F)F)cc2)n1. The summed E-state index contributed by atoms with van der Waals surface area (Å²) in [5.74, 6) is 0.617. The zero-order chi connectivity index (χ0) is 15.6. The van der Waals surface area contributed by atoms with Crippen molar-refractivity contribution in [1.29, 1.82) is 0 Å². The molecular weight excluding hydrogens is 281 g/mol. The summed E-state index contributed by atoms with van der Waals surface area (Å²) in [7, 11) is 0. The van der Waals surface area contributed by atoms with Gasteiger partial charge in [0.25, 0.3) is 5.56 Å². The fourth-order valence-corrected chi connectivity index (χ4v) is 1.98. The van der Waals surface area contributed by atoms with Crippen molar-refractivity contribution in [2.24, 2.45) is 5.92 Å². The van der Waals surface area contributed by atoms with Gasteiger partial charge in [0, 0.05) is 17.3 Å². The first-order valence-corrected chi connectivity index (χ1v) is 6.53. The van der Waals surface area contributed by atoms with Crippen molar-refractivity contribution in [3.63, 3.8) is 0 Å². The predicted octanol–water partition coefficient (Wildman–Crippen LogP) is 3.65. The summed E-state index contributed by atoms with van der Waals surface area (Å²) in [5.41, 5.74) is 0.0387. The highest BCUT2D eigenvalue weighted by molar-refractivity contribution is 5.55. The van der Waals surface area contributed by atoms with Gasteiger partial charge in [0.1, 0.15) is 5.82 Å². The average Bonchev–Trinajstić information content (AvgIpc) is 2.36. The van der Waals surface area contributed by atoms with E-state index in [9.17, 15) is 18.0 Å². The van der Waals surface area contributed by atoms with Crippen molar-refractivity contribution < 1.29 is 13.2 Å². The Kier molecular flexibility index (Phi) is 4.16. The van der Waals surface area contributed by atoms with E-state index in [4.69, 9.17) is 0 Å². The average molecular weight is 296 g/mol. The van der Waals surface area contributed by atoms with Gasteiger partial charge in [-0.2, -0.15) is 13.2 Å². The van der Waals surface area contributed by atoms with E-state index in [1.54, 1.807) is 0 Å². The third-order valence-electron chi connectivity index (χ3n) is 2.90. The molecule has 2 rings (SSSR count). The Morgan fingerprint density at radius 1 is 1.19 bits per heavy atom. The Morgan fingerprint density at radius 3 is 2.33 bits per heavy atom. The molecule has 0 fully saturated rings. The van der Waals surface area contributed by atoms with Crippen molar-refractivity contribution in [3.8, 4) is 11.4 Å². The number of rotatable bonds is 3. The number of nitrogens with zero attached hydrogens (tertiary/aromatic N) is 1. The summed E-state index contributed by atoms with van der Waals surface area (Å²) in [4.78, 5) is 18.5. The molecule has 0 aliphatic rings. The van der Waals surface area contributed by atoms with Crippen molar-refractivity contribution in [2.45, 2.75) is 26.4 Å². The first kappa shape index (κ1) is 15.3. The highest BCUT2D eigenvalue weighted by Crippen LogP contribution is 2.30. The Hall–Kier alpha value is -2.11. The standard InChI is InChI=1S/C15H15F3N2O/c1-9(2)7-12-8-13(21)20-14(19-12)10-3-5-11(6-4-10)15(16,17)18/h3-6,8-9H,7H2,1-2H3,(H,19,20,21). The Labute approximate surface area is 119 Å². The van der Waals surface area contributed by atoms with Gasteiger partial charge in [0.05, 0.1) is 5.56 Å². The summed E-state index contributed by atoms with van der Waals surface area (Å²) < 4.78 is 37.6. The van der Waals surface area contributed by atoms with Crippen LogP contribution in [0.25, 0.3) is 11.4 Å². The van der Waals surface area contributed by atoms with Gasteiger partial charge in [-0.25, -0.2) is 4.98 Å². The van der Waals surface area contributed by atoms with Crippen molar-refractivity contribution >= 4 is 0 Å². The molecule has 0 amide bonds. The van der Waals surface area contributed by atoms with Crippen molar-refractivity contribution in [1.82, 2.24) is 9.97 Å². The van der Waals surface area contributed by atoms with Crippen LogP contribution in [0.1, 0.15) is 25.1 Å². The number of aromatic nitrogens is 2. The van der Waals surface area contributed by atoms with Crippen LogP contribution in [0.2, 0.25) is 0 Å². The van der Waals surface area contributed by atoms with E-state index in [0.29, 0.717) is 23.6 Å². The van der Waals surface area contributed by atoms with Crippen LogP contribution in [0.5, 0.6) is 0 Å². The quantitative estimate of drug-likeness (QED) is 0.939. The van der Waals surface area contributed by atoms with Crippen LogP contribution in [-0.2, 0) is 12.6 Å². The fourth-order valence-electron chi connectivity index (χ4n) is 1.98. The minimum atomic E-state index is -4.38. The highest BCUT2D eigenvalue weighted by atomic mass is 19.4. The molecule has 0 unspecified atom stereocenters. The molecule has 3 nitrogen and oxygen atoms in total. The molecule has 0 aliphatic carbocycles. The first-order chi connectivity index (χ1) is 9.75. The molecule has 2 aromatic rings. The number of halogens is 3. The second-order valence-electron chi connectivity index (χ2n) is 5.26. The predicted molar refractivity (Wildman–Crippen MR) is 73.8 cm³/mol. The molecule has 1 aromatic carbocycles. The number of hydrogen-bond acceptors (Lipinski definition) is 2. The zero-order valence-electron chi connectivity index (χ0n) is 11.7. The first-order valence-electron chi connectivity index (χ1n) is 6.53. The summed E-state index contributed by atoms with van der Waals surface area (Å²) in [6.07, 6.45) is -3.74. The van der Waals surface area contributed by atoms with Crippen molar-refractivity contribution in [2.75, 3.05) is 0 Å². The van der Waals surface area contributed by atoms with E-state index in [-0.39, 0.29) is 11.4 Å². The lowest BCUT2D eigenvalue weighted by Gasteiger charge is -2.09. The maximum atomic E-state index is 12.5. The molecule has 1 heterocycles. The third-order valence-corrected chi connectivity index (χ3v) is 2.90.